The Morgan fingerprint density at radius 2 is 1.89 bits per heavy atom. The zero-order valence-electron chi connectivity index (χ0n) is 14.0. The number of benzene rings is 2. The van der Waals surface area contributed by atoms with Crippen molar-refractivity contribution in [2.45, 2.75) is 6.54 Å². The van der Waals surface area contributed by atoms with Crippen molar-refractivity contribution < 1.29 is 14.1 Å². The molecule has 1 N–H and O–H groups in total. The number of pyridine rings is 1. The second-order valence-corrected chi connectivity index (χ2v) is 5.78. The summed E-state index contributed by atoms with van der Waals surface area (Å²) < 4.78 is 14.5. The monoisotopic (exact) mass is 367 g/mol. The van der Waals surface area contributed by atoms with E-state index in [0.717, 1.165) is 0 Å². The van der Waals surface area contributed by atoms with Gasteiger partial charge >= 0.3 is 0 Å². The Bertz CT molecular complexity index is 1080. The van der Waals surface area contributed by atoms with Gasteiger partial charge in [-0.15, -0.1) is 0 Å². The molecule has 0 atom stereocenters. The fourth-order valence-corrected chi connectivity index (χ4v) is 2.52. The van der Waals surface area contributed by atoms with E-state index >= 15 is 0 Å². The molecule has 1 aromatic heterocycles. The van der Waals surface area contributed by atoms with Crippen LogP contribution in [0.25, 0.3) is 0 Å². The van der Waals surface area contributed by atoms with E-state index in [2.05, 4.69) is 5.32 Å². The highest BCUT2D eigenvalue weighted by atomic mass is 19.1. The van der Waals surface area contributed by atoms with E-state index in [1.807, 2.05) is 0 Å². The van der Waals surface area contributed by atoms with E-state index in [1.165, 1.54) is 59.3 Å². The highest BCUT2D eigenvalue weighted by molar-refractivity contribution is 6.04. The zero-order valence-corrected chi connectivity index (χ0v) is 14.0. The Hall–Kier alpha value is -3.81. The van der Waals surface area contributed by atoms with Crippen LogP contribution in [-0.2, 0) is 6.54 Å². The maximum atomic E-state index is 13.2. The van der Waals surface area contributed by atoms with Gasteiger partial charge in [0.1, 0.15) is 5.82 Å². The number of nitrogens with one attached hydrogen (secondary N) is 1. The molecule has 136 valence electrons. The Kier molecular flexibility index (Phi) is 5.07. The van der Waals surface area contributed by atoms with Crippen molar-refractivity contribution in [3.63, 3.8) is 0 Å². The van der Waals surface area contributed by atoms with Gasteiger partial charge in [-0.1, -0.05) is 18.2 Å². The number of anilines is 1. The molecule has 8 heteroatoms. The summed E-state index contributed by atoms with van der Waals surface area (Å²) in [7, 11) is 0. The first kappa shape index (κ1) is 18.0. The topological polar surface area (TPSA) is 94.2 Å². The number of nitrogens with zero attached hydrogens (tertiary/aromatic N) is 2. The van der Waals surface area contributed by atoms with E-state index in [4.69, 9.17) is 0 Å². The molecule has 0 radical (unpaired) electrons. The lowest BCUT2D eigenvalue weighted by Gasteiger charge is -2.09. The number of aromatic nitrogens is 1. The third-order valence-corrected chi connectivity index (χ3v) is 3.80. The van der Waals surface area contributed by atoms with Gasteiger partial charge in [0.05, 0.1) is 17.0 Å². The summed E-state index contributed by atoms with van der Waals surface area (Å²) in [6.07, 6.45) is 1.36. The van der Waals surface area contributed by atoms with Crippen molar-refractivity contribution in [1.29, 1.82) is 0 Å². The third kappa shape index (κ3) is 4.43. The number of amides is 1. The molecule has 0 saturated heterocycles. The van der Waals surface area contributed by atoms with Crippen LogP contribution in [0.4, 0.5) is 15.8 Å². The lowest BCUT2D eigenvalue weighted by Crippen LogP contribution is -2.22. The zero-order chi connectivity index (χ0) is 19.4. The Balaban J connectivity index is 1.84. The number of hydrogen-bond acceptors (Lipinski definition) is 4. The first-order chi connectivity index (χ1) is 12.9. The van der Waals surface area contributed by atoms with Gasteiger partial charge in [0, 0.05) is 30.1 Å². The molecule has 0 fully saturated rings. The number of carbonyl (C=O) groups is 1. The van der Waals surface area contributed by atoms with Gasteiger partial charge in [0.25, 0.3) is 17.2 Å². The van der Waals surface area contributed by atoms with Gasteiger partial charge in [-0.3, -0.25) is 19.7 Å². The molecule has 0 saturated carbocycles. The van der Waals surface area contributed by atoms with Crippen LogP contribution in [-0.4, -0.2) is 15.4 Å². The van der Waals surface area contributed by atoms with Gasteiger partial charge in [-0.05, 0) is 29.8 Å². The summed E-state index contributed by atoms with van der Waals surface area (Å²) in [6, 6.07) is 13.9. The lowest BCUT2D eigenvalue weighted by atomic mass is 10.2. The highest BCUT2D eigenvalue weighted by Crippen LogP contribution is 2.14. The third-order valence-electron chi connectivity index (χ3n) is 3.80. The van der Waals surface area contributed by atoms with Crippen LogP contribution in [0.3, 0.4) is 0 Å². The van der Waals surface area contributed by atoms with Crippen LogP contribution in [0.15, 0.2) is 71.7 Å². The quantitative estimate of drug-likeness (QED) is 0.553. The molecule has 3 rings (SSSR count). The van der Waals surface area contributed by atoms with Gasteiger partial charge in [0.2, 0.25) is 0 Å². The van der Waals surface area contributed by atoms with E-state index in [0.29, 0.717) is 5.56 Å². The number of carbonyl (C=O) groups excluding carboxylic acids is 1. The minimum Gasteiger partial charge on any atom is -0.322 e. The second kappa shape index (κ2) is 7.61. The number of nitro groups is 1. The minimum atomic E-state index is -0.519. The van der Waals surface area contributed by atoms with Crippen molar-refractivity contribution in [3.05, 3.63) is 104 Å². The molecule has 1 heterocycles. The normalized spacial score (nSPS) is 10.4. The summed E-state index contributed by atoms with van der Waals surface area (Å²) in [5.74, 6) is -0.989. The molecule has 1 amide bonds. The maximum Gasteiger partial charge on any atom is 0.269 e. The lowest BCUT2D eigenvalue weighted by molar-refractivity contribution is -0.384. The Morgan fingerprint density at radius 3 is 2.63 bits per heavy atom. The summed E-state index contributed by atoms with van der Waals surface area (Å²) in [4.78, 5) is 34.8. The number of hydrogen-bond donors (Lipinski definition) is 1. The smallest absolute Gasteiger partial charge is 0.269 e. The van der Waals surface area contributed by atoms with Crippen LogP contribution in [0.2, 0.25) is 0 Å². The van der Waals surface area contributed by atoms with E-state index in [1.54, 1.807) is 12.1 Å². The predicted molar refractivity (Wildman–Crippen MR) is 97.3 cm³/mol. The van der Waals surface area contributed by atoms with Crippen LogP contribution >= 0.6 is 0 Å². The standard InChI is InChI=1S/C19H14FN3O4/c20-15-4-2-5-16(10-15)21-19(25)14-7-8-18(24)22(12-14)11-13-3-1-6-17(9-13)23(26)27/h1-10,12H,11H2,(H,21,25). The van der Waals surface area contributed by atoms with Gasteiger partial charge < -0.3 is 9.88 Å². The van der Waals surface area contributed by atoms with Crippen molar-refractivity contribution in [2.24, 2.45) is 0 Å². The van der Waals surface area contributed by atoms with Crippen molar-refractivity contribution in [2.75, 3.05) is 5.32 Å². The predicted octanol–water partition coefficient (Wildman–Crippen LogP) is 3.20. The molecule has 0 aliphatic carbocycles. The van der Waals surface area contributed by atoms with Crippen LogP contribution < -0.4 is 10.9 Å². The van der Waals surface area contributed by atoms with Crippen LogP contribution in [0.1, 0.15) is 15.9 Å². The molecular weight excluding hydrogens is 353 g/mol. The van der Waals surface area contributed by atoms with Crippen molar-refractivity contribution >= 4 is 17.3 Å². The fourth-order valence-electron chi connectivity index (χ4n) is 2.52. The molecular formula is C19H14FN3O4. The van der Waals surface area contributed by atoms with E-state index in [9.17, 15) is 24.1 Å². The number of non-ortho nitro benzene ring substituents is 1. The Labute approximate surface area is 152 Å². The Morgan fingerprint density at radius 1 is 1.11 bits per heavy atom. The minimum absolute atomic E-state index is 0.0710. The van der Waals surface area contributed by atoms with Gasteiger partial charge in [0.15, 0.2) is 0 Å². The summed E-state index contributed by atoms with van der Waals surface area (Å²) >= 11 is 0. The van der Waals surface area contributed by atoms with Crippen LogP contribution in [0.5, 0.6) is 0 Å². The van der Waals surface area contributed by atoms with Crippen LogP contribution in [0, 0.1) is 15.9 Å². The van der Waals surface area contributed by atoms with E-state index in [-0.39, 0.29) is 29.0 Å². The summed E-state index contributed by atoms with van der Waals surface area (Å²) in [5, 5.41) is 13.4. The largest absolute Gasteiger partial charge is 0.322 e. The molecule has 0 spiro atoms. The molecule has 3 aromatic rings. The average Bonchev–Trinajstić information content (AvgIpc) is 2.63. The number of nitro benzene ring substituents is 1. The van der Waals surface area contributed by atoms with Gasteiger partial charge in [-0.2, -0.15) is 0 Å². The first-order valence-corrected chi connectivity index (χ1v) is 7.93. The maximum absolute atomic E-state index is 13.2. The van der Waals surface area contributed by atoms with Crippen molar-refractivity contribution in [1.82, 2.24) is 4.57 Å². The number of rotatable bonds is 5. The number of halogens is 1. The SMILES string of the molecule is O=C(Nc1cccc(F)c1)c1ccc(=O)n(Cc2cccc([N+](=O)[O-])c2)c1. The highest BCUT2D eigenvalue weighted by Gasteiger charge is 2.10. The molecule has 27 heavy (non-hydrogen) atoms. The van der Waals surface area contributed by atoms with Crippen molar-refractivity contribution in [3.8, 4) is 0 Å². The fraction of sp³-hybridized carbons (Fsp3) is 0.0526. The van der Waals surface area contributed by atoms with Gasteiger partial charge in [-0.25, -0.2) is 4.39 Å². The average molecular weight is 367 g/mol. The molecule has 0 bridgehead atoms. The second-order valence-electron chi connectivity index (χ2n) is 5.78. The molecule has 0 aliphatic rings. The first-order valence-electron chi connectivity index (χ1n) is 7.93. The summed E-state index contributed by atoms with van der Waals surface area (Å²) in [5.41, 5.74) is 0.596. The summed E-state index contributed by atoms with van der Waals surface area (Å²) in [6.45, 7) is 0.0710. The van der Waals surface area contributed by atoms with E-state index < -0.39 is 16.6 Å². The molecule has 0 unspecified atom stereocenters. The molecule has 0 aliphatic heterocycles. The molecule has 7 nitrogen and oxygen atoms in total. The molecule has 2 aromatic carbocycles.